The molecule has 10 aromatic rings. The maximum Gasteiger partial charge on any atom is 0.494 e. The van der Waals surface area contributed by atoms with E-state index in [1.807, 2.05) is 97.1 Å². The van der Waals surface area contributed by atoms with Crippen LogP contribution in [0, 0.1) is 0 Å². The van der Waals surface area contributed by atoms with Crippen molar-refractivity contribution in [2.24, 2.45) is 0 Å². The fourth-order valence-corrected chi connectivity index (χ4v) is 11.4. The molecule has 1 saturated heterocycles. The van der Waals surface area contributed by atoms with Crippen LogP contribution in [0.25, 0.3) is 110 Å². The average molecular weight is 1100 g/mol. The molecule has 1 fully saturated rings. The summed E-state index contributed by atoms with van der Waals surface area (Å²) in [5, 5.41) is 15.2. The number of nitrogens with zero attached hydrogens (tertiary/aromatic N) is 4. The van der Waals surface area contributed by atoms with E-state index in [9.17, 15) is 9.59 Å². The first-order valence-electron chi connectivity index (χ1n) is 26.8. The molecule has 0 aromatic heterocycles. The maximum absolute atomic E-state index is 12.6. The molecule has 0 atom stereocenters. The van der Waals surface area contributed by atoms with E-state index >= 15 is 0 Å². The predicted molar refractivity (Wildman–Crippen MR) is 333 cm³/mol. The number of fused-ring (bicyclic) bond motifs is 14. The summed E-state index contributed by atoms with van der Waals surface area (Å²) in [6.45, 7) is 8.38. The Hall–Kier alpha value is -9.06. The van der Waals surface area contributed by atoms with Crippen LogP contribution in [0.15, 0.2) is 257 Å². The summed E-state index contributed by atoms with van der Waals surface area (Å²) < 4.78 is 16.8. The first kappa shape index (κ1) is 50.4. The average Bonchev–Trinajstić information content (AvgIpc) is 3.89. The van der Waals surface area contributed by atoms with Gasteiger partial charge in [0.15, 0.2) is 0 Å². The van der Waals surface area contributed by atoms with Crippen LogP contribution in [0.4, 0.5) is 0 Å². The van der Waals surface area contributed by atoms with Gasteiger partial charge >= 0.3 is 18.5 Å². The van der Waals surface area contributed by atoms with Crippen molar-refractivity contribution in [3.05, 3.63) is 268 Å². The topological polar surface area (TPSA) is 88.2 Å². The molecule has 0 amide bonds. The lowest BCUT2D eigenvalue weighted by molar-refractivity contribution is 0.00578. The van der Waals surface area contributed by atoms with Crippen LogP contribution in [-0.2, 0) is 9.31 Å². The zero-order chi connectivity index (χ0) is 54.7. The van der Waals surface area contributed by atoms with Gasteiger partial charge < -0.3 is 9.31 Å². The van der Waals surface area contributed by atoms with Crippen LogP contribution < -0.4 is 16.8 Å². The van der Waals surface area contributed by atoms with Crippen LogP contribution in [0.3, 0.4) is 0 Å². The van der Waals surface area contributed by atoms with Crippen molar-refractivity contribution < 1.29 is 9.31 Å². The van der Waals surface area contributed by atoms with E-state index in [0.717, 1.165) is 43.8 Å². The Kier molecular flexibility index (Phi) is 12.8. The highest BCUT2D eigenvalue weighted by Gasteiger charge is 2.51. The lowest BCUT2D eigenvalue weighted by Gasteiger charge is -2.32. The number of hydrogen-bond acceptors (Lipinski definition) is 6. The molecular weight excluding hydrogens is 1050 g/mol. The molecule has 0 saturated carbocycles. The molecule has 386 valence electrons. The summed E-state index contributed by atoms with van der Waals surface area (Å²) in [6, 6.07) is 82.5. The molecule has 15 rings (SSSR count). The second-order valence-corrected chi connectivity index (χ2v) is 22.1. The molecule has 8 nitrogen and oxygen atoms in total. The molecule has 0 unspecified atom stereocenters. The van der Waals surface area contributed by atoms with Crippen molar-refractivity contribution in [1.29, 1.82) is 0 Å². The van der Waals surface area contributed by atoms with Crippen molar-refractivity contribution in [2.75, 3.05) is 0 Å². The van der Waals surface area contributed by atoms with Gasteiger partial charge in [-0.15, -0.1) is 0 Å². The normalized spacial score (nSPS) is 13.7. The van der Waals surface area contributed by atoms with E-state index < -0.39 is 0 Å². The molecule has 5 aliphatic rings. The number of hydrogen-bond donors (Lipinski definition) is 0. The molecule has 3 heterocycles. The molecule has 2 aliphatic carbocycles. The van der Waals surface area contributed by atoms with Gasteiger partial charge in [-0.25, -0.2) is 9.59 Å². The summed E-state index contributed by atoms with van der Waals surface area (Å²) >= 11 is 3.38. The standard InChI is InChI=1S/C32H20N2O.C24H23BO2.C14H9BrN2O/c35-32-33-30-12-2-1-3-13-31(30)34(32)23-17-14-21(15-18-23)22-16-19-28-26-10-5-4-8-24(26)25-9-6-7-11-27(25)29(28)20-22;1-23(2)24(3,4)27-25(26-23)16-13-14-21-19-11-6-5-9-17(19)18-10-7-8-12-20(18)22(21)15-16;15-10-6-8-11(9-7-10)17-13-5-3-1-2-4-12(13)16-14(17)18/h1-20H;5-15H,1-4H3;1-9H. The van der Waals surface area contributed by atoms with Crippen LogP contribution in [0.1, 0.15) is 27.7 Å². The number of aromatic nitrogens is 4. The largest absolute Gasteiger partial charge is 0.494 e. The zero-order valence-electron chi connectivity index (χ0n) is 44.5. The minimum absolute atomic E-state index is 0.251. The smallest absolute Gasteiger partial charge is 0.399 e. The predicted octanol–water partition coefficient (Wildman–Crippen LogP) is 16.0. The number of imidazole rings is 2. The van der Waals surface area contributed by atoms with Gasteiger partial charge in [-0.1, -0.05) is 192 Å². The Bertz CT molecular complexity index is 4660. The third-order valence-electron chi connectivity index (χ3n) is 15.9. The molecule has 0 radical (unpaired) electrons. The number of halogens is 1. The van der Waals surface area contributed by atoms with Crippen LogP contribution >= 0.6 is 15.9 Å². The van der Waals surface area contributed by atoms with Crippen molar-refractivity contribution in [1.82, 2.24) is 19.1 Å². The molecule has 0 spiro atoms. The van der Waals surface area contributed by atoms with Gasteiger partial charge in [-0.2, -0.15) is 9.97 Å². The lowest BCUT2D eigenvalue weighted by Crippen LogP contribution is -2.41. The fourth-order valence-electron chi connectivity index (χ4n) is 11.2. The highest BCUT2D eigenvalue weighted by atomic mass is 79.9. The van der Waals surface area contributed by atoms with Crippen molar-refractivity contribution in [2.45, 2.75) is 38.9 Å². The molecule has 80 heavy (non-hydrogen) atoms. The van der Waals surface area contributed by atoms with E-state index in [-0.39, 0.29) is 29.7 Å². The second-order valence-electron chi connectivity index (χ2n) is 21.2. The highest BCUT2D eigenvalue weighted by molar-refractivity contribution is 9.10. The summed E-state index contributed by atoms with van der Waals surface area (Å²) in [4.78, 5) is 32.8. The lowest BCUT2D eigenvalue weighted by atomic mass is 9.77. The van der Waals surface area contributed by atoms with E-state index in [4.69, 9.17) is 9.31 Å². The third-order valence-corrected chi connectivity index (χ3v) is 16.4. The van der Waals surface area contributed by atoms with Gasteiger partial charge in [0.1, 0.15) is 0 Å². The maximum atomic E-state index is 12.6. The van der Waals surface area contributed by atoms with Gasteiger partial charge in [0, 0.05) is 4.47 Å². The Morgan fingerprint density at radius 2 is 0.700 bits per heavy atom. The van der Waals surface area contributed by atoms with E-state index in [2.05, 4.69) is 199 Å². The Morgan fingerprint density at radius 1 is 0.362 bits per heavy atom. The minimum Gasteiger partial charge on any atom is -0.399 e. The first-order valence-corrected chi connectivity index (χ1v) is 27.5. The minimum atomic E-state index is -0.343. The molecule has 10 heteroatoms. The van der Waals surface area contributed by atoms with Gasteiger partial charge in [-0.05, 0) is 176 Å². The van der Waals surface area contributed by atoms with Gasteiger partial charge in [0.25, 0.3) is 0 Å². The zero-order valence-corrected chi connectivity index (χ0v) is 46.1. The summed E-state index contributed by atoms with van der Waals surface area (Å²) in [5.41, 5.74) is 6.78. The molecule has 3 aliphatic heterocycles. The van der Waals surface area contributed by atoms with Crippen LogP contribution in [0.2, 0.25) is 0 Å². The Balaban J connectivity index is 0.000000120. The number of rotatable bonds is 4. The van der Waals surface area contributed by atoms with Crippen molar-refractivity contribution in [3.8, 4) is 45.3 Å². The third kappa shape index (κ3) is 9.01. The van der Waals surface area contributed by atoms with Gasteiger partial charge in [-0.3, -0.25) is 9.13 Å². The monoisotopic (exact) mass is 1100 g/mol. The summed E-state index contributed by atoms with van der Waals surface area (Å²) in [5.74, 6) is 0. The first-order chi connectivity index (χ1) is 38.9. The Labute approximate surface area is 471 Å². The van der Waals surface area contributed by atoms with E-state index in [1.165, 1.54) is 64.6 Å². The Morgan fingerprint density at radius 3 is 1.14 bits per heavy atom. The van der Waals surface area contributed by atoms with Gasteiger partial charge in [0.05, 0.1) is 45.4 Å². The number of benzene rings is 10. The van der Waals surface area contributed by atoms with Crippen molar-refractivity contribution in [3.63, 3.8) is 0 Å². The summed E-state index contributed by atoms with van der Waals surface area (Å²) in [7, 11) is -0.343. The fraction of sp³-hybridized carbons (Fsp3) is 0.0857. The molecule has 0 bridgehead atoms. The van der Waals surface area contributed by atoms with Gasteiger partial charge in [0.2, 0.25) is 0 Å². The van der Waals surface area contributed by atoms with E-state index in [1.54, 1.807) is 9.13 Å². The quantitative estimate of drug-likeness (QED) is 0.129. The SMILES string of the molecule is CC1(C)OB(c2ccc3c4ccccc4c4ccccc4c3c2)OC1(C)C.O=c1nc2cccccc-2n1-c1ccc(-c2ccc3c4ccccc4c4ccccc4c3c2)cc1.O=c1nc2cccccc-2n1-c1ccc(Br)cc1. The molecule has 0 N–H and O–H groups in total. The summed E-state index contributed by atoms with van der Waals surface area (Å²) in [6.07, 6.45) is 0. The van der Waals surface area contributed by atoms with Crippen molar-refractivity contribution >= 4 is 93.1 Å². The highest BCUT2D eigenvalue weighted by Crippen LogP contribution is 2.40. The molecular formula is C70H52BBrN4O4. The van der Waals surface area contributed by atoms with E-state index in [0.29, 0.717) is 11.4 Å². The van der Waals surface area contributed by atoms with Crippen LogP contribution in [-0.4, -0.2) is 37.4 Å². The second kappa shape index (κ2) is 20.3. The van der Waals surface area contributed by atoms with Crippen LogP contribution in [0.5, 0.6) is 0 Å². The molecule has 10 aromatic carbocycles.